The molecule has 1 unspecified atom stereocenters. The molecule has 0 aromatic heterocycles. The number of alkyl halides is 2. The maximum atomic E-state index is 14.6. The van der Waals surface area contributed by atoms with Gasteiger partial charge >= 0.3 is 18.0 Å². The minimum absolute atomic E-state index is 0.190. The molecule has 0 heterocycles. The van der Waals surface area contributed by atoms with Gasteiger partial charge in [-0.2, -0.15) is 8.78 Å². The second-order valence-electron chi connectivity index (χ2n) is 5.87. The van der Waals surface area contributed by atoms with Crippen LogP contribution in [0.4, 0.5) is 13.6 Å². The van der Waals surface area contributed by atoms with Crippen LogP contribution in [0.2, 0.25) is 0 Å². The number of benzene rings is 2. The molecule has 0 aliphatic heterocycles. The van der Waals surface area contributed by atoms with Crippen molar-refractivity contribution >= 4 is 17.8 Å². The summed E-state index contributed by atoms with van der Waals surface area (Å²) < 4.78 is 38.4. The zero-order valence-electron chi connectivity index (χ0n) is 15.1. The summed E-state index contributed by atoms with van der Waals surface area (Å²) in [5, 5.41) is 1.74. The molecule has 0 aliphatic rings. The van der Waals surface area contributed by atoms with Gasteiger partial charge in [-0.15, -0.1) is 0 Å². The number of carbonyl (C=O) groups excluding carboxylic acids is 3. The molecule has 0 saturated carbocycles. The maximum Gasteiger partial charge on any atom is 0.408 e. The molecular formula is C20H19F2NO5. The Labute approximate surface area is 160 Å². The average Bonchev–Trinajstić information content (AvgIpc) is 2.71. The molecule has 0 spiro atoms. The van der Waals surface area contributed by atoms with Gasteiger partial charge in [0.25, 0.3) is 0 Å². The Hall–Kier alpha value is -3.29. The predicted molar refractivity (Wildman–Crippen MR) is 95.7 cm³/mol. The van der Waals surface area contributed by atoms with Gasteiger partial charge in [0, 0.05) is 6.42 Å². The fraction of sp³-hybridized carbons (Fsp3) is 0.250. The molecule has 0 saturated heterocycles. The molecule has 1 N–H and O–H groups in total. The molecule has 0 radical (unpaired) electrons. The minimum atomic E-state index is -4.19. The number of Topliss-reactive ketones (excluding diaryl/α,β-unsaturated/α-hetero) is 1. The van der Waals surface area contributed by atoms with Crippen LogP contribution < -0.4 is 5.32 Å². The Morgan fingerprint density at radius 1 is 0.964 bits per heavy atom. The first-order chi connectivity index (χ1) is 13.3. The number of hydrogen-bond donors (Lipinski definition) is 1. The number of ketones is 1. The van der Waals surface area contributed by atoms with E-state index in [9.17, 15) is 23.2 Å². The molecule has 0 aliphatic carbocycles. The van der Waals surface area contributed by atoms with E-state index < -0.39 is 36.2 Å². The second-order valence-corrected chi connectivity index (χ2v) is 5.87. The maximum absolute atomic E-state index is 14.6. The lowest BCUT2D eigenvalue weighted by Gasteiger charge is -2.24. The summed E-state index contributed by atoms with van der Waals surface area (Å²) in [7, 11) is 0.879. The van der Waals surface area contributed by atoms with E-state index in [0.29, 0.717) is 11.1 Å². The molecule has 28 heavy (non-hydrogen) atoms. The van der Waals surface area contributed by atoms with Crippen LogP contribution in [0.15, 0.2) is 60.7 Å². The first kappa shape index (κ1) is 21.0. The summed E-state index contributed by atoms with van der Waals surface area (Å²) >= 11 is 0. The van der Waals surface area contributed by atoms with E-state index in [1.54, 1.807) is 53.8 Å². The lowest BCUT2D eigenvalue weighted by atomic mass is 9.99. The Morgan fingerprint density at radius 3 is 2.04 bits per heavy atom. The lowest BCUT2D eigenvalue weighted by molar-refractivity contribution is -0.163. The first-order valence-electron chi connectivity index (χ1n) is 8.34. The predicted octanol–water partition coefficient (Wildman–Crippen LogP) is 2.90. The van der Waals surface area contributed by atoms with Crippen LogP contribution >= 0.6 is 0 Å². The third-order valence-electron chi connectivity index (χ3n) is 3.85. The van der Waals surface area contributed by atoms with Gasteiger partial charge in [-0.1, -0.05) is 60.7 Å². The largest absolute Gasteiger partial charge is 0.467 e. The summed E-state index contributed by atoms with van der Waals surface area (Å²) in [6.45, 7) is -0.190. The number of rotatable bonds is 8. The molecule has 8 heteroatoms. The van der Waals surface area contributed by atoms with Crippen molar-refractivity contribution in [3.63, 3.8) is 0 Å². The van der Waals surface area contributed by atoms with Crippen molar-refractivity contribution in [3.05, 3.63) is 71.8 Å². The van der Waals surface area contributed by atoms with Crippen molar-refractivity contribution in [2.24, 2.45) is 0 Å². The van der Waals surface area contributed by atoms with Gasteiger partial charge in [0.05, 0.1) is 7.11 Å². The molecule has 2 aromatic carbocycles. The van der Waals surface area contributed by atoms with E-state index in [4.69, 9.17) is 4.74 Å². The Balaban J connectivity index is 2.07. The number of halogens is 2. The van der Waals surface area contributed by atoms with Gasteiger partial charge in [0.15, 0.2) is 0 Å². The highest BCUT2D eigenvalue weighted by Gasteiger charge is 2.52. The van der Waals surface area contributed by atoms with Crippen molar-refractivity contribution in [2.75, 3.05) is 7.11 Å². The Bertz CT molecular complexity index is 812. The van der Waals surface area contributed by atoms with E-state index in [0.717, 1.165) is 7.11 Å². The number of ether oxygens (including phenoxy) is 2. The van der Waals surface area contributed by atoms with Crippen LogP contribution in [-0.4, -0.2) is 36.9 Å². The fourth-order valence-electron chi connectivity index (χ4n) is 2.36. The third-order valence-corrected chi connectivity index (χ3v) is 3.85. The number of alkyl carbamates (subject to hydrolysis) is 1. The summed E-state index contributed by atoms with van der Waals surface area (Å²) in [5.74, 6) is -7.17. The number of carbonyl (C=O) groups is 3. The molecule has 0 fully saturated rings. The smallest absolute Gasteiger partial charge is 0.408 e. The van der Waals surface area contributed by atoms with Crippen LogP contribution in [0.5, 0.6) is 0 Å². The van der Waals surface area contributed by atoms with Crippen LogP contribution in [0.1, 0.15) is 11.1 Å². The number of amides is 1. The van der Waals surface area contributed by atoms with Crippen molar-refractivity contribution in [1.29, 1.82) is 0 Å². The molecule has 6 nitrogen and oxygen atoms in total. The summed E-state index contributed by atoms with van der Waals surface area (Å²) in [6.07, 6.45) is -1.88. The van der Waals surface area contributed by atoms with Gasteiger partial charge in [0.1, 0.15) is 6.61 Å². The highest BCUT2D eigenvalue weighted by Crippen LogP contribution is 2.23. The molecular weight excluding hydrogens is 372 g/mol. The lowest BCUT2D eigenvalue weighted by Crippen LogP contribution is -2.57. The van der Waals surface area contributed by atoms with E-state index in [-0.39, 0.29) is 6.61 Å². The second kappa shape index (κ2) is 9.59. The van der Waals surface area contributed by atoms with Gasteiger partial charge in [0.2, 0.25) is 11.8 Å². The molecule has 2 aromatic rings. The van der Waals surface area contributed by atoms with Gasteiger partial charge in [-0.25, -0.2) is 9.59 Å². The summed E-state index contributed by atoms with van der Waals surface area (Å²) in [6, 6.07) is 13.9. The number of esters is 1. The van der Waals surface area contributed by atoms with Crippen LogP contribution in [0.25, 0.3) is 0 Å². The highest BCUT2D eigenvalue weighted by atomic mass is 19.3. The monoisotopic (exact) mass is 391 g/mol. The molecule has 148 valence electrons. The van der Waals surface area contributed by atoms with E-state index in [2.05, 4.69) is 4.74 Å². The average molecular weight is 391 g/mol. The number of methoxy groups -OCH3 is 1. The SMILES string of the molecule is COC(=O)C(NC(=O)OCc1ccccc1)C(F)(F)C(=O)Cc1ccccc1. The third kappa shape index (κ3) is 5.60. The van der Waals surface area contributed by atoms with Crippen molar-refractivity contribution in [2.45, 2.75) is 25.0 Å². The summed E-state index contributed by atoms with van der Waals surface area (Å²) in [5.41, 5.74) is 0.974. The van der Waals surface area contributed by atoms with Crippen LogP contribution in [-0.2, 0) is 32.1 Å². The molecule has 2 rings (SSSR count). The standard InChI is InChI=1S/C20H19F2NO5/c1-27-18(25)17(23-19(26)28-13-15-10-6-3-7-11-15)20(21,22)16(24)12-14-8-4-2-5-9-14/h2-11,17H,12-13H2,1H3,(H,23,26). The van der Waals surface area contributed by atoms with Crippen LogP contribution in [0, 0.1) is 0 Å². The molecule has 1 amide bonds. The highest BCUT2D eigenvalue weighted by molar-refractivity contribution is 5.95. The van der Waals surface area contributed by atoms with Crippen molar-refractivity contribution in [3.8, 4) is 0 Å². The topological polar surface area (TPSA) is 81.7 Å². The van der Waals surface area contributed by atoms with Crippen molar-refractivity contribution in [1.82, 2.24) is 5.32 Å². The normalized spacial score (nSPS) is 12.0. The Kier molecular flexibility index (Phi) is 7.20. The number of nitrogens with one attached hydrogen (secondary N) is 1. The minimum Gasteiger partial charge on any atom is -0.467 e. The number of hydrogen-bond acceptors (Lipinski definition) is 5. The first-order valence-corrected chi connectivity index (χ1v) is 8.34. The van der Waals surface area contributed by atoms with Crippen molar-refractivity contribution < 1.29 is 32.6 Å². The quantitative estimate of drug-likeness (QED) is 0.700. The van der Waals surface area contributed by atoms with Gasteiger partial charge < -0.3 is 14.8 Å². The fourth-order valence-corrected chi connectivity index (χ4v) is 2.36. The zero-order chi connectivity index (χ0) is 20.6. The van der Waals surface area contributed by atoms with Crippen LogP contribution in [0.3, 0.4) is 0 Å². The molecule has 0 bridgehead atoms. The van der Waals surface area contributed by atoms with E-state index in [1.807, 2.05) is 0 Å². The summed E-state index contributed by atoms with van der Waals surface area (Å²) in [4.78, 5) is 35.8. The van der Waals surface area contributed by atoms with Gasteiger partial charge in [-0.3, -0.25) is 4.79 Å². The molecule has 1 atom stereocenters. The Morgan fingerprint density at radius 2 is 1.50 bits per heavy atom. The zero-order valence-corrected chi connectivity index (χ0v) is 15.1. The van der Waals surface area contributed by atoms with Gasteiger partial charge in [-0.05, 0) is 11.1 Å². The van der Waals surface area contributed by atoms with E-state index >= 15 is 0 Å². The van der Waals surface area contributed by atoms with E-state index in [1.165, 1.54) is 12.1 Å².